The van der Waals surface area contributed by atoms with E-state index in [1.54, 1.807) is 13.8 Å². The van der Waals surface area contributed by atoms with E-state index in [0.717, 1.165) is 0 Å². The molecule has 0 saturated carbocycles. The Morgan fingerprint density at radius 3 is 2.69 bits per heavy atom. The maximum atomic E-state index is 10.6. The molecule has 0 amide bonds. The van der Waals surface area contributed by atoms with E-state index in [0.29, 0.717) is 5.69 Å². The van der Waals surface area contributed by atoms with E-state index in [2.05, 4.69) is 22.0 Å². The summed E-state index contributed by atoms with van der Waals surface area (Å²) in [6, 6.07) is 2.83. The first-order valence-electron chi connectivity index (χ1n) is 3.79. The highest BCUT2D eigenvalue weighted by Gasteiger charge is 2.05. The number of nitrogens with one attached hydrogen (secondary N) is 1. The van der Waals surface area contributed by atoms with E-state index in [4.69, 9.17) is 0 Å². The molecule has 4 nitrogen and oxygen atoms in total. The van der Waals surface area contributed by atoms with Crippen molar-refractivity contribution in [2.45, 2.75) is 19.4 Å². The van der Waals surface area contributed by atoms with Crippen LogP contribution in [0.5, 0.6) is 0 Å². The van der Waals surface area contributed by atoms with Crippen molar-refractivity contribution in [2.24, 2.45) is 0 Å². The Hall–Kier alpha value is -1.60. The van der Waals surface area contributed by atoms with E-state index in [1.807, 2.05) is 0 Å². The van der Waals surface area contributed by atoms with E-state index in [1.165, 1.54) is 12.1 Å². The first-order valence-corrected chi connectivity index (χ1v) is 3.79. The van der Waals surface area contributed by atoms with Crippen LogP contribution in [0, 0.1) is 11.8 Å². The van der Waals surface area contributed by atoms with Gasteiger partial charge in [0.05, 0.1) is 0 Å². The Morgan fingerprint density at radius 2 is 2.23 bits per heavy atom. The highest BCUT2D eigenvalue weighted by Crippen LogP contribution is 1.97. The zero-order chi connectivity index (χ0) is 9.90. The molecule has 0 aromatic carbocycles. The lowest BCUT2D eigenvalue weighted by molar-refractivity contribution is 0.143. The minimum absolute atomic E-state index is 0.270. The third-order valence-corrected chi connectivity index (χ3v) is 1.18. The Balaban J connectivity index is 2.91. The molecule has 0 aliphatic rings. The van der Waals surface area contributed by atoms with Gasteiger partial charge in [0.15, 0.2) is 0 Å². The molecule has 0 fully saturated rings. The Kier molecular flexibility index (Phi) is 2.49. The highest BCUT2D eigenvalue weighted by molar-refractivity contribution is 5.28. The molecular weight excluding hydrogens is 168 g/mol. The molecule has 4 heteroatoms. The predicted molar refractivity (Wildman–Crippen MR) is 48.0 cm³/mol. The first-order chi connectivity index (χ1) is 5.97. The van der Waals surface area contributed by atoms with Crippen molar-refractivity contribution >= 4 is 0 Å². The number of hydrogen-bond donors (Lipinski definition) is 2. The smallest absolute Gasteiger partial charge is 0.264 e. The normalized spacial score (nSPS) is 10.4. The molecule has 68 valence electrons. The Morgan fingerprint density at radius 1 is 1.54 bits per heavy atom. The van der Waals surface area contributed by atoms with Crippen molar-refractivity contribution < 1.29 is 5.11 Å². The van der Waals surface area contributed by atoms with Crippen LogP contribution in [0.1, 0.15) is 19.5 Å². The van der Waals surface area contributed by atoms with Crippen LogP contribution < -0.4 is 5.56 Å². The third kappa shape index (κ3) is 3.54. The second-order valence-electron chi connectivity index (χ2n) is 3.12. The summed E-state index contributed by atoms with van der Waals surface area (Å²) in [5.41, 5.74) is -0.881. The molecule has 13 heavy (non-hydrogen) atoms. The largest absolute Gasteiger partial charge is 0.378 e. The minimum atomic E-state index is -1.04. The molecule has 1 rings (SSSR count). The third-order valence-electron chi connectivity index (χ3n) is 1.18. The molecule has 0 spiro atoms. The summed E-state index contributed by atoms with van der Waals surface area (Å²) in [5.74, 6) is 5.21. The van der Waals surface area contributed by atoms with Gasteiger partial charge in [-0.05, 0) is 25.8 Å². The number of aromatic amines is 1. The van der Waals surface area contributed by atoms with Crippen molar-refractivity contribution in [1.82, 2.24) is 10.2 Å². The SMILES string of the molecule is CC(C)(O)C#Cc1ccc(=O)[nH]n1. The van der Waals surface area contributed by atoms with Gasteiger partial charge in [0.25, 0.3) is 5.56 Å². The van der Waals surface area contributed by atoms with E-state index in [-0.39, 0.29) is 5.56 Å². The molecule has 2 N–H and O–H groups in total. The standard InChI is InChI=1S/C9H10N2O2/c1-9(2,13)6-5-7-3-4-8(12)11-10-7/h3-4,13H,1-2H3,(H,11,12). The zero-order valence-electron chi connectivity index (χ0n) is 7.46. The van der Waals surface area contributed by atoms with Gasteiger partial charge in [-0.25, -0.2) is 5.10 Å². The summed E-state index contributed by atoms with van der Waals surface area (Å²) in [5, 5.41) is 15.2. The summed E-state index contributed by atoms with van der Waals surface area (Å²) in [7, 11) is 0. The van der Waals surface area contributed by atoms with Gasteiger partial charge in [-0.3, -0.25) is 4.79 Å². The number of rotatable bonds is 0. The number of aromatic nitrogens is 2. The van der Waals surface area contributed by atoms with Crippen molar-refractivity contribution in [1.29, 1.82) is 0 Å². The van der Waals surface area contributed by atoms with Crippen LogP contribution >= 0.6 is 0 Å². The lowest BCUT2D eigenvalue weighted by Crippen LogP contribution is -2.14. The van der Waals surface area contributed by atoms with Crippen molar-refractivity contribution in [2.75, 3.05) is 0 Å². The molecule has 0 aliphatic carbocycles. The van der Waals surface area contributed by atoms with Crippen LogP contribution in [0.15, 0.2) is 16.9 Å². The van der Waals surface area contributed by atoms with E-state index in [9.17, 15) is 9.90 Å². The molecule has 0 radical (unpaired) electrons. The summed E-state index contributed by atoms with van der Waals surface area (Å²) in [6.07, 6.45) is 0. The number of aliphatic hydroxyl groups is 1. The summed E-state index contributed by atoms with van der Waals surface area (Å²) >= 11 is 0. The lowest BCUT2D eigenvalue weighted by atomic mass is 10.1. The predicted octanol–water partition coefficient (Wildman–Crippen LogP) is -0.108. The fourth-order valence-corrected chi connectivity index (χ4v) is 0.631. The lowest BCUT2D eigenvalue weighted by Gasteiger charge is -2.05. The van der Waals surface area contributed by atoms with Gasteiger partial charge in [-0.15, -0.1) is 0 Å². The molecule has 0 atom stereocenters. The number of hydrogen-bond acceptors (Lipinski definition) is 3. The summed E-state index contributed by atoms with van der Waals surface area (Å²) in [6.45, 7) is 3.15. The van der Waals surface area contributed by atoms with Crippen LogP contribution in [-0.2, 0) is 0 Å². The van der Waals surface area contributed by atoms with Crippen LogP contribution in [0.4, 0.5) is 0 Å². The molecule has 1 heterocycles. The van der Waals surface area contributed by atoms with Crippen molar-refractivity contribution in [3.8, 4) is 11.8 Å². The fourth-order valence-electron chi connectivity index (χ4n) is 0.631. The molecule has 0 bridgehead atoms. The second-order valence-corrected chi connectivity index (χ2v) is 3.12. The zero-order valence-corrected chi connectivity index (χ0v) is 7.46. The van der Waals surface area contributed by atoms with Gasteiger partial charge >= 0.3 is 0 Å². The van der Waals surface area contributed by atoms with Gasteiger partial charge in [-0.1, -0.05) is 5.92 Å². The van der Waals surface area contributed by atoms with Crippen LogP contribution in [0.25, 0.3) is 0 Å². The van der Waals surface area contributed by atoms with Crippen molar-refractivity contribution in [3.05, 3.63) is 28.2 Å². The van der Waals surface area contributed by atoms with Crippen LogP contribution in [0.2, 0.25) is 0 Å². The maximum Gasteiger partial charge on any atom is 0.264 e. The van der Waals surface area contributed by atoms with Crippen LogP contribution in [0.3, 0.4) is 0 Å². The molecule has 1 aromatic rings. The number of nitrogens with zero attached hydrogens (tertiary/aromatic N) is 1. The average molecular weight is 178 g/mol. The maximum absolute atomic E-state index is 10.6. The molecule has 0 saturated heterocycles. The minimum Gasteiger partial charge on any atom is -0.378 e. The summed E-state index contributed by atoms with van der Waals surface area (Å²) in [4.78, 5) is 10.6. The van der Waals surface area contributed by atoms with Gasteiger partial charge in [0, 0.05) is 6.07 Å². The van der Waals surface area contributed by atoms with Gasteiger partial charge in [0.1, 0.15) is 11.3 Å². The van der Waals surface area contributed by atoms with E-state index < -0.39 is 5.60 Å². The molecule has 0 aliphatic heterocycles. The first kappa shape index (κ1) is 9.49. The molecule has 1 aromatic heterocycles. The fraction of sp³-hybridized carbons (Fsp3) is 0.333. The van der Waals surface area contributed by atoms with Gasteiger partial charge in [0.2, 0.25) is 0 Å². The monoisotopic (exact) mass is 178 g/mol. The molecular formula is C9H10N2O2. The van der Waals surface area contributed by atoms with E-state index >= 15 is 0 Å². The average Bonchev–Trinajstić information content (AvgIpc) is 2.02. The topological polar surface area (TPSA) is 66.0 Å². The Labute approximate surface area is 75.6 Å². The second kappa shape index (κ2) is 3.42. The highest BCUT2D eigenvalue weighted by atomic mass is 16.3. The quantitative estimate of drug-likeness (QED) is 0.545. The molecule has 0 unspecified atom stereocenters. The Bertz CT molecular complexity index is 384. The van der Waals surface area contributed by atoms with Gasteiger partial charge in [-0.2, -0.15) is 5.10 Å². The number of H-pyrrole nitrogens is 1. The van der Waals surface area contributed by atoms with Gasteiger partial charge < -0.3 is 5.11 Å². The van der Waals surface area contributed by atoms with Crippen molar-refractivity contribution in [3.63, 3.8) is 0 Å². The summed E-state index contributed by atoms with van der Waals surface area (Å²) < 4.78 is 0. The van der Waals surface area contributed by atoms with Crippen LogP contribution in [-0.4, -0.2) is 20.9 Å².